The van der Waals surface area contributed by atoms with Crippen molar-refractivity contribution in [2.24, 2.45) is 0 Å². The van der Waals surface area contributed by atoms with Crippen molar-refractivity contribution in [3.8, 4) is 11.1 Å². The van der Waals surface area contributed by atoms with E-state index in [1.807, 2.05) is 43.3 Å². The molecule has 2 aromatic carbocycles. The van der Waals surface area contributed by atoms with Crippen LogP contribution in [0.15, 0.2) is 53.3 Å². The highest BCUT2D eigenvalue weighted by atomic mass is 16.4. The summed E-state index contributed by atoms with van der Waals surface area (Å²) in [5, 5.41) is 14.0. The van der Waals surface area contributed by atoms with Gasteiger partial charge in [-0.15, -0.1) is 0 Å². The maximum absolute atomic E-state index is 12.9. The summed E-state index contributed by atoms with van der Waals surface area (Å²) < 4.78 is 3.34. The third kappa shape index (κ3) is 5.51. The zero-order valence-electron chi connectivity index (χ0n) is 18.4. The summed E-state index contributed by atoms with van der Waals surface area (Å²) in [7, 11) is 0. The van der Waals surface area contributed by atoms with Gasteiger partial charge in [-0.1, -0.05) is 82.0 Å². The topological polar surface area (TPSA) is 77.1 Å². The Kier molecular flexibility index (Phi) is 7.82. The highest BCUT2D eigenvalue weighted by Gasteiger charge is 2.14. The number of aryl methyl sites for hydroxylation is 2. The Balaban J connectivity index is 1.76. The molecule has 0 unspecified atom stereocenters. The van der Waals surface area contributed by atoms with Crippen molar-refractivity contribution < 1.29 is 9.90 Å². The Bertz CT molecular complexity index is 1060. The first kappa shape index (κ1) is 22.5. The van der Waals surface area contributed by atoms with Crippen LogP contribution in [-0.2, 0) is 19.5 Å². The predicted molar refractivity (Wildman–Crippen MR) is 123 cm³/mol. The number of aromatic nitrogens is 3. The van der Waals surface area contributed by atoms with Crippen molar-refractivity contribution in [3.05, 3.63) is 76.0 Å². The Morgan fingerprint density at radius 3 is 2.35 bits per heavy atom. The molecule has 6 nitrogen and oxygen atoms in total. The normalized spacial score (nSPS) is 11.0. The number of aromatic carboxylic acids is 1. The number of nitrogens with zero attached hydrogens (tertiary/aromatic N) is 3. The van der Waals surface area contributed by atoms with Gasteiger partial charge in [0.25, 0.3) is 0 Å². The molecule has 3 aromatic rings. The number of hydrogen-bond donors (Lipinski definition) is 1. The predicted octanol–water partition coefficient (Wildman–Crippen LogP) is 4.99. The van der Waals surface area contributed by atoms with Crippen LogP contribution in [0.5, 0.6) is 0 Å². The first-order valence-electron chi connectivity index (χ1n) is 11.1. The van der Waals surface area contributed by atoms with E-state index in [1.54, 1.807) is 21.4 Å². The van der Waals surface area contributed by atoms with Crippen LogP contribution >= 0.6 is 0 Å². The summed E-state index contributed by atoms with van der Waals surface area (Å²) in [5.41, 5.74) is 2.72. The highest BCUT2D eigenvalue weighted by Crippen LogP contribution is 2.24. The standard InChI is InChI=1S/C25H31N3O3/c1-3-5-6-7-10-17-28-25(31)27(23(4-2)26-28)18-19-13-15-20(16-14-19)21-11-8-9-12-22(21)24(29)30/h8-9,11-16H,3-7,10,17-18H2,1-2H3,(H,29,30). The number of carboxylic acids is 1. The minimum absolute atomic E-state index is 0.0624. The van der Waals surface area contributed by atoms with Crippen LogP contribution in [0, 0.1) is 0 Å². The molecule has 0 spiro atoms. The van der Waals surface area contributed by atoms with E-state index in [0.29, 0.717) is 25.1 Å². The second-order valence-corrected chi connectivity index (χ2v) is 7.82. The zero-order valence-corrected chi connectivity index (χ0v) is 18.4. The largest absolute Gasteiger partial charge is 0.478 e. The quantitative estimate of drug-likeness (QED) is 0.443. The van der Waals surface area contributed by atoms with E-state index in [-0.39, 0.29) is 11.3 Å². The molecule has 31 heavy (non-hydrogen) atoms. The molecule has 0 fully saturated rings. The summed E-state index contributed by atoms with van der Waals surface area (Å²) in [5.74, 6) is -0.153. The van der Waals surface area contributed by atoms with Gasteiger partial charge in [-0.05, 0) is 29.2 Å². The number of unbranched alkanes of at least 4 members (excludes halogenated alkanes) is 4. The molecule has 0 aliphatic rings. The molecule has 0 radical (unpaired) electrons. The molecule has 0 bridgehead atoms. The molecule has 0 aliphatic carbocycles. The number of carbonyl (C=O) groups is 1. The maximum Gasteiger partial charge on any atom is 0.346 e. The molecule has 164 valence electrons. The minimum atomic E-state index is -0.944. The smallest absolute Gasteiger partial charge is 0.346 e. The van der Waals surface area contributed by atoms with E-state index in [2.05, 4.69) is 12.0 Å². The van der Waals surface area contributed by atoms with Crippen LogP contribution in [0.3, 0.4) is 0 Å². The second-order valence-electron chi connectivity index (χ2n) is 7.82. The van der Waals surface area contributed by atoms with E-state index in [4.69, 9.17) is 0 Å². The van der Waals surface area contributed by atoms with Crippen molar-refractivity contribution in [3.63, 3.8) is 0 Å². The Morgan fingerprint density at radius 2 is 1.68 bits per heavy atom. The molecule has 0 saturated carbocycles. The molecule has 1 aromatic heterocycles. The fraction of sp³-hybridized carbons (Fsp3) is 0.400. The molecule has 0 saturated heterocycles. The van der Waals surface area contributed by atoms with Gasteiger partial charge in [0.2, 0.25) is 0 Å². The molecular formula is C25H31N3O3. The average molecular weight is 422 g/mol. The van der Waals surface area contributed by atoms with E-state index in [0.717, 1.165) is 29.8 Å². The van der Waals surface area contributed by atoms with E-state index in [1.165, 1.54) is 19.3 Å². The zero-order chi connectivity index (χ0) is 22.2. The fourth-order valence-electron chi connectivity index (χ4n) is 3.81. The maximum atomic E-state index is 12.9. The fourth-order valence-corrected chi connectivity index (χ4v) is 3.81. The van der Waals surface area contributed by atoms with E-state index >= 15 is 0 Å². The minimum Gasteiger partial charge on any atom is -0.478 e. The van der Waals surface area contributed by atoms with Gasteiger partial charge in [-0.25, -0.2) is 14.3 Å². The lowest BCUT2D eigenvalue weighted by molar-refractivity contribution is 0.0697. The van der Waals surface area contributed by atoms with Crippen LogP contribution in [0.1, 0.15) is 67.7 Å². The highest BCUT2D eigenvalue weighted by molar-refractivity contribution is 5.95. The molecule has 6 heteroatoms. The summed E-state index contributed by atoms with van der Waals surface area (Å²) in [6.07, 6.45) is 6.42. The Hall–Kier alpha value is -3.15. The number of rotatable bonds is 11. The van der Waals surface area contributed by atoms with Crippen LogP contribution < -0.4 is 5.69 Å². The molecular weight excluding hydrogens is 390 g/mol. The van der Waals surface area contributed by atoms with Gasteiger partial charge in [0, 0.05) is 13.0 Å². The van der Waals surface area contributed by atoms with Gasteiger partial charge in [0.1, 0.15) is 5.82 Å². The van der Waals surface area contributed by atoms with Crippen LogP contribution in [0.2, 0.25) is 0 Å². The number of benzene rings is 2. The summed E-state index contributed by atoms with van der Waals surface area (Å²) in [4.78, 5) is 24.4. The van der Waals surface area contributed by atoms with Crippen molar-refractivity contribution in [2.45, 2.75) is 65.5 Å². The first-order chi connectivity index (χ1) is 15.0. The molecule has 3 rings (SSSR count). The molecule has 0 aliphatic heterocycles. The van der Waals surface area contributed by atoms with Crippen molar-refractivity contribution in [1.82, 2.24) is 14.3 Å². The number of carboxylic acid groups (broad SMARTS) is 1. The first-order valence-corrected chi connectivity index (χ1v) is 11.1. The summed E-state index contributed by atoms with van der Waals surface area (Å²) >= 11 is 0. The lowest BCUT2D eigenvalue weighted by atomic mass is 9.99. The van der Waals surface area contributed by atoms with Gasteiger partial charge >= 0.3 is 11.7 Å². The lowest BCUT2D eigenvalue weighted by Crippen LogP contribution is -2.26. The van der Waals surface area contributed by atoms with Crippen molar-refractivity contribution in [1.29, 1.82) is 0 Å². The third-order valence-electron chi connectivity index (χ3n) is 5.55. The second kappa shape index (κ2) is 10.8. The van der Waals surface area contributed by atoms with Gasteiger partial charge < -0.3 is 5.11 Å². The molecule has 1 heterocycles. The molecule has 1 N–H and O–H groups in total. The number of hydrogen-bond acceptors (Lipinski definition) is 3. The van der Waals surface area contributed by atoms with Crippen LogP contribution in [0.4, 0.5) is 0 Å². The third-order valence-corrected chi connectivity index (χ3v) is 5.55. The van der Waals surface area contributed by atoms with Crippen LogP contribution in [-0.4, -0.2) is 25.4 Å². The van der Waals surface area contributed by atoms with Gasteiger partial charge in [0.05, 0.1) is 12.1 Å². The van der Waals surface area contributed by atoms with Gasteiger partial charge in [0.15, 0.2) is 0 Å². The summed E-state index contributed by atoms with van der Waals surface area (Å²) in [6.45, 7) is 5.32. The Morgan fingerprint density at radius 1 is 0.968 bits per heavy atom. The van der Waals surface area contributed by atoms with E-state index in [9.17, 15) is 14.7 Å². The SMILES string of the molecule is CCCCCCCn1nc(CC)n(Cc2ccc(-c3ccccc3C(=O)O)cc2)c1=O. The van der Waals surface area contributed by atoms with E-state index < -0.39 is 5.97 Å². The van der Waals surface area contributed by atoms with Gasteiger partial charge in [-0.2, -0.15) is 5.10 Å². The van der Waals surface area contributed by atoms with Gasteiger partial charge in [-0.3, -0.25) is 4.57 Å². The Labute approximate surface area is 183 Å². The molecule has 0 amide bonds. The summed E-state index contributed by atoms with van der Waals surface area (Å²) in [6, 6.07) is 14.7. The molecule has 0 atom stereocenters. The monoisotopic (exact) mass is 421 g/mol. The van der Waals surface area contributed by atoms with Crippen molar-refractivity contribution in [2.75, 3.05) is 0 Å². The van der Waals surface area contributed by atoms with Crippen LogP contribution in [0.25, 0.3) is 11.1 Å². The lowest BCUT2D eigenvalue weighted by Gasteiger charge is -2.08. The average Bonchev–Trinajstić information content (AvgIpc) is 3.08. The van der Waals surface area contributed by atoms with Crippen molar-refractivity contribution >= 4 is 5.97 Å².